The van der Waals surface area contributed by atoms with Crippen LogP contribution >= 0.6 is 11.8 Å². The van der Waals surface area contributed by atoms with Crippen LogP contribution in [0.3, 0.4) is 0 Å². The first kappa shape index (κ1) is 14.3. The van der Waals surface area contributed by atoms with Crippen molar-refractivity contribution in [1.82, 2.24) is 14.5 Å². The summed E-state index contributed by atoms with van der Waals surface area (Å²) in [5.41, 5.74) is -0.379. The highest BCUT2D eigenvalue weighted by Gasteiger charge is 2.15. The molecule has 0 fully saturated rings. The largest absolute Gasteiger partial charge is 0.477 e. The van der Waals surface area contributed by atoms with Crippen molar-refractivity contribution in [3.8, 4) is 0 Å². The van der Waals surface area contributed by atoms with Gasteiger partial charge in [0.15, 0.2) is 5.16 Å². The van der Waals surface area contributed by atoms with Gasteiger partial charge in [0.1, 0.15) is 11.2 Å². The Balaban J connectivity index is 2.69. The topological polar surface area (TPSA) is 85.1 Å². The quantitative estimate of drug-likeness (QED) is 0.513. The van der Waals surface area contributed by atoms with E-state index in [1.54, 1.807) is 10.6 Å². The molecule has 0 aliphatic heterocycles. The van der Waals surface area contributed by atoms with Crippen molar-refractivity contribution in [3.05, 3.63) is 40.8 Å². The van der Waals surface area contributed by atoms with Gasteiger partial charge in [-0.25, -0.2) is 14.8 Å². The fourth-order valence-corrected chi connectivity index (χ4v) is 2.30. The third-order valence-electron chi connectivity index (χ3n) is 2.69. The number of hydrogen-bond donors (Lipinski definition) is 1. The summed E-state index contributed by atoms with van der Waals surface area (Å²) < 4.78 is 1.64. The monoisotopic (exact) mass is 291 g/mol. The standard InChI is InChI=1S/C13H13N3O3S/c1-3-5-20-13-14-6-8-10(17)9(12(18)19)7-16(4-2)11(8)15-13/h3,6-7H,1,4-5H2,2H3,(H,18,19). The van der Waals surface area contributed by atoms with E-state index in [9.17, 15) is 9.59 Å². The second-order valence-corrected chi connectivity index (χ2v) is 4.94. The van der Waals surface area contributed by atoms with Crippen LogP contribution < -0.4 is 5.43 Å². The predicted octanol–water partition coefficient (Wildman–Crippen LogP) is 1.79. The Morgan fingerprint density at radius 1 is 1.60 bits per heavy atom. The van der Waals surface area contributed by atoms with Gasteiger partial charge in [0.25, 0.3) is 0 Å². The number of nitrogens with zero attached hydrogens (tertiary/aromatic N) is 3. The molecule has 0 radical (unpaired) electrons. The Morgan fingerprint density at radius 2 is 2.35 bits per heavy atom. The van der Waals surface area contributed by atoms with Gasteiger partial charge < -0.3 is 9.67 Å². The lowest BCUT2D eigenvalue weighted by molar-refractivity contribution is 0.0695. The van der Waals surface area contributed by atoms with Crippen molar-refractivity contribution >= 4 is 28.8 Å². The number of aryl methyl sites for hydroxylation is 1. The lowest BCUT2D eigenvalue weighted by Crippen LogP contribution is -2.19. The minimum absolute atomic E-state index is 0.217. The van der Waals surface area contributed by atoms with E-state index in [2.05, 4.69) is 16.5 Å². The van der Waals surface area contributed by atoms with Gasteiger partial charge in [-0.1, -0.05) is 17.8 Å². The molecular weight excluding hydrogens is 278 g/mol. The molecule has 6 nitrogen and oxygen atoms in total. The van der Waals surface area contributed by atoms with Gasteiger partial charge in [0.2, 0.25) is 5.43 Å². The summed E-state index contributed by atoms with van der Waals surface area (Å²) in [6.07, 6.45) is 4.44. The molecular formula is C13H13N3O3S. The van der Waals surface area contributed by atoms with E-state index in [1.807, 2.05) is 6.92 Å². The van der Waals surface area contributed by atoms with E-state index in [1.165, 1.54) is 24.2 Å². The van der Waals surface area contributed by atoms with Crippen LogP contribution in [0.4, 0.5) is 0 Å². The highest BCUT2D eigenvalue weighted by atomic mass is 32.2. The van der Waals surface area contributed by atoms with Gasteiger partial charge in [0, 0.05) is 24.7 Å². The molecule has 0 aromatic carbocycles. The summed E-state index contributed by atoms with van der Waals surface area (Å²) in [4.78, 5) is 31.5. The molecule has 0 bridgehead atoms. The maximum atomic E-state index is 12.1. The number of carboxylic acid groups (broad SMARTS) is 1. The summed E-state index contributed by atoms with van der Waals surface area (Å²) in [7, 11) is 0. The molecule has 0 aliphatic rings. The van der Waals surface area contributed by atoms with Crippen molar-refractivity contribution in [3.63, 3.8) is 0 Å². The van der Waals surface area contributed by atoms with Crippen LogP contribution in [-0.4, -0.2) is 31.4 Å². The van der Waals surface area contributed by atoms with Gasteiger partial charge in [-0.05, 0) is 6.92 Å². The molecule has 7 heteroatoms. The van der Waals surface area contributed by atoms with Crippen LogP contribution in [0.1, 0.15) is 17.3 Å². The van der Waals surface area contributed by atoms with Crippen LogP contribution in [0, 0.1) is 0 Å². The van der Waals surface area contributed by atoms with E-state index in [-0.39, 0.29) is 10.9 Å². The highest BCUT2D eigenvalue weighted by molar-refractivity contribution is 7.99. The van der Waals surface area contributed by atoms with Gasteiger partial charge >= 0.3 is 5.97 Å². The fourth-order valence-electron chi connectivity index (χ4n) is 1.75. The summed E-state index contributed by atoms with van der Waals surface area (Å²) in [5, 5.41) is 9.79. The molecule has 2 rings (SSSR count). The average Bonchev–Trinajstić information content (AvgIpc) is 2.45. The SMILES string of the molecule is C=CCSc1ncc2c(=O)c(C(=O)O)cn(CC)c2n1. The highest BCUT2D eigenvalue weighted by Crippen LogP contribution is 2.16. The number of pyridine rings is 1. The molecule has 2 aromatic heterocycles. The Hall–Kier alpha value is -2.15. The van der Waals surface area contributed by atoms with Crippen molar-refractivity contribution in [2.24, 2.45) is 0 Å². The maximum Gasteiger partial charge on any atom is 0.341 e. The van der Waals surface area contributed by atoms with E-state index in [4.69, 9.17) is 5.11 Å². The van der Waals surface area contributed by atoms with E-state index >= 15 is 0 Å². The molecule has 104 valence electrons. The number of carbonyl (C=O) groups is 1. The van der Waals surface area contributed by atoms with Crippen LogP contribution in [0.5, 0.6) is 0 Å². The molecule has 1 N–H and O–H groups in total. The summed E-state index contributed by atoms with van der Waals surface area (Å²) in [6.45, 7) is 5.99. The van der Waals surface area contributed by atoms with Gasteiger partial charge in [-0.2, -0.15) is 0 Å². The number of carboxylic acids is 1. The third kappa shape index (κ3) is 2.57. The Labute approximate surface area is 119 Å². The average molecular weight is 291 g/mol. The molecule has 0 spiro atoms. The first-order valence-corrected chi connectivity index (χ1v) is 6.94. The molecule has 0 aliphatic carbocycles. The van der Waals surface area contributed by atoms with E-state index in [0.29, 0.717) is 23.1 Å². The lowest BCUT2D eigenvalue weighted by atomic mass is 10.2. The zero-order valence-electron chi connectivity index (χ0n) is 10.9. The normalized spacial score (nSPS) is 10.7. The van der Waals surface area contributed by atoms with E-state index < -0.39 is 11.4 Å². The molecule has 20 heavy (non-hydrogen) atoms. The zero-order chi connectivity index (χ0) is 14.7. The number of aromatic nitrogens is 3. The number of fused-ring (bicyclic) bond motifs is 1. The second kappa shape index (κ2) is 5.87. The molecule has 0 unspecified atom stereocenters. The summed E-state index contributed by atoms with van der Waals surface area (Å²) in [6, 6.07) is 0. The number of hydrogen-bond acceptors (Lipinski definition) is 5. The molecule has 0 atom stereocenters. The van der Waals surface area contributed by atoms with Crippen LogP contribution in [0.2, 0.25) is 0 Å². The van der Waals surface area contributed by atoms with Crippen molar-refractivity contribution in [2.75, 3.05) is 5.75 Å². The number of aromatic carboxylic acids is 1. The summed E-state index contributed by atoms with van der Waals surface area (Å²) in [5.74, 6) is -0.584. The van der Waals surface area contributed by atoms with Crippen LogP contribution in [0.15, 0.2) is 35.0 Å². The van der Waals surface area contributed by atoms with Crippen LogP contribution in [-0.2, 0) is 6.54 Å². The van der Waals surface area contributed by atoms with Crippen molar-refractivity contribution in [1.29, 1.82) is 0 Å². The first-order valence-electron chi connectivity index (χ1n) is 5.95. The summed E-state index contributed by atoms with van der Waals surface area (Å²) >= 11 is 1.40. The molecule has 0 saturated carbocycles. The lowest BCUT2D eigenvalue weighted by Gasteiger charge is -2.09. The predicted molar refractivity (Wildman–Crippen MR) is 77.4 cm³/mol. The molecule has 2 heterocycles. The number of thioether (sulfide) groups is 1. The van der Waals surface area contributed by atoms with Gasteiger partial charge in [0.05, 0.1) is 5.39 Å². The van der Waals surface area contributed by atoms with E-state index in [0.717, 1.165) is 0 Å². The second-order valence-electron chi connectivity index (χ2n) is 3.95. The van der Waals surface area contributed by atoms with Crippen LogP contribution in [0.25, 0.3) is 11.0 Å². The van der Waals surface area contributed by atoms with Crippen molar-refractivity contribution in [2.45, 2.75) is 18.6 Å². The Morgan fingerprint density at radius 3 is 2.95 bits per heavy atom. The maximum absolute atomic E-state index is 12.1. The minimum Gasteiger partial charge on any atom is -0.477 e. The molecule has 0 amide bonds. The van der Waals surface area contributed by atoms with Crippen molar-refractivity contribution < 1.29 is 9.90 Å². The fraction of sp³-hybridized carbons (Fsp3) is 0.231. The third-order valence-corrected chi connectivity index (χ3v) is 3.55. The number of rotatable bonds is 5. The first-order chi connectivity index (χ1) is 9.58. The molecule has 2 aromatic rings. The van der Waals surface area contributed by atoms with Gasteiger partial charge in [-0.3, -0.25) is 4.79 Å². The zero-order valence-corrected chi connectivity index (χ0v) is 11.7. The minimum atomic E-state index is -1.25. The van der Waals surface area contributed by atoms with Gasteiger partial charge in [-0.15, -0.1) is 6.58 Å². The molecule has 0 saturated heterocycles. The Kier molecular flexibility index (Phi) is 4.19. The smallest absolute Gasteiger partial charge is 0.341 e. The Bertz CT molecular complexity index is 739.